The number of methoxy groups -OCH3 is 1. The lowest BCUT2D eigenvalue weighted by atomic mass is 10.1. The number of nitrogens with two attached hydrogens (primary N) is 1. The minimum Gasteiger partial charge on any atom is -0.465 e. The lowest BCUT2D eigenvalue weighted by Gasteiger charge is -2.05. The highest BCUT2D eigenvalue weighted by Gasteiger charge is 2.18. The smallest absolute Gasteiger partial charge is 0.362 e. The fourth-order valence-corrected chi connectivity index (χ4v) is 1.82. The van der Waals surface area contributed by atoms with E-state index in [-0.39, 0.29) is 18.1 Å². The number of aromatic nitrogens is 3. The van der Waals surface area contributed by atoms with Crippen LogP contribution < -0.4 is 5.73 Å². The molecule has 1 heterocycles. The Morgan fingerprint density at radius 3 is 2.50 bits per heavy atom. The van der Waals surface area contributed by atoms with E-state index < -0.39 is 11.9 Å². The Hall–Kier alpha value is -2.90. The SMILES string of the molecule is CCOC(=O)c1nnn(Cc2ccc(C(=O)OC)cc2)c1N. The van der Waals surface area contributed by atoms with Crippen LogP contribution >= 0.6 is 0 Å². The zero-order chi connectivity index (χ0) is 16.1. The normalized spacial score (nSPS) is 10.3. The first kappa shape index (κ1) is 15.5. The van der Waals surface area contributed by atoms with Crippen molar-refractivity contribution in [1.29, 1.82) is 0 Å². The van der Waals surface area contributed by atoms with Crippen LogP contribution in [-0.2, 0) is 16.0 Å². The second kappa shape index (κ2) is 6.70. The summed E-state index contributed by atoms with van der Waals surface area (Å²) in [7, 11) is 1.32. The summed E-state index contributed by atoms with van der Waals surface area (Å²) >= 11 is 0. The van der Waals surface area contributed by atoms with E-state index in [0.717, 1.165) is 5.56 Å². The largest absolute Gasteiger partial charge is 0.465 e. The highest BCUT2D eigenvalue weighted by Crippen LogP contribution is 2.13. The van der Waals surface area contributed by atoms with Crippen molar-refractivity contribution < 1.29 is 19.1 Å². The molecule has 0 radical (unpaired) electrons. The molecule has 2 aromatic rings. The lowest BCUT2D eigenvalue weighted by Crippen LogP contribution is -2.11. The molecule has 0 unspecified atom stereocenters. The minimum atomic E-state index is -0.604. The van der Waals surface area contributed by atoms with Gasteiger partial charge >= 0.3 is 11.9 Å². The summed E-state index contributed by atoms with van der Waals surface area (Å²) < 4.78 is 10.9. The summed E-state index contributed by atoms with van der Waals surface area (Å²) in [6.45, 7) is 2.25. The molecule has 0 atom stereocenters. The van der Waals surface area contributed by atoms with Gasteiger partial charge in [0.2, 0.25) is 5.69 Å². The first-order valence-corrected chi connectivity index (χ1v) is 6.60. The van der Waals surface area contributed by atoms with E-state index in [0.29, 0.717) is 12.1 Å². The summed E-state index contributed by atoms with van der Waals surface area (Å²) in [5.41, 5.74) is 7.13. The molecular formula is C14H16N4O4. The van der Waals surface area contributed by atoms with Crippen molar-refractivity contribution in [3.8, 4) is 0 Å². The van der Waals surface area contributed by atoms with Gasteiger partial charge in [-0.25, -0.2) is 14.3 Å². The Morgan fingerprint density at radius 1 is 1.23 bits per heavy atom. The maximum absolute atomic E-state index is 11.6. The van der Waals surface area contributed by atoms with Crippen molar-refractivity contribution in [2.45, 2.75) is 13.5 Å². The summed E-state index contributed by atoms with van der Waals surface area (Å²) in [6.07, 6.45) is 0. The first-order valence-electron chi connectivity index (χ1n) is 6.60. The van der Waals surface area contributed by atoms with Crippen LogP contribution in [0.4, 0.5) is 5.82 Å². The molecule has 0 bridgehead atoms. The van der Waals surface area contributed by atoms with Gasteiger partial charge in [0, 0.05) is 0 Å². The predicted octanol–water partition coefficient (Wildman–Crippen LogP) is 0.872. The van der Waals surface area contributed by atoms with Gasteiger partial charge in [0.1, 0.15) is 0 Å². The van der Waals surface area contributed by atoms with E-state index in [2.05, 4.69) is 15.0 Å². The predicted molar refractivity (Wildman–Crippen MR) is 77.3 cm³/mol. The molecule has 8 heteroatoms. The summed E-state index contributed by atoms with van der Waals surface area (Å²) in [4.78, 5) is 23.0. The topological polar surface area (TPSA) is 109 Å². The molecule has 1 aromatic heterocycles. The molecule has 0 spiro atoms. The van der Waals surface area contributed by atoms with Gasteiger partial charge in [-0.15, -0.1) is 5.10 Å². The Kier molecular flexibility index (Phi) is 4.72. The van der Waals surface area contributed by atoms with Crippen LogP contribution in [0.5, 0.6) is 0 Å². The van der Waals surface area contributed by atoms with Gasteiger partial charge in [-0.05, 0) is 24.6 Å². The van der Waals surface area contributed by atoms with Crippen LogP contribution in [0.25, 0.3) is 0 Å². The maximum atomic E-state index is 11.6. The number of hydrogen-bond acceptors (Lipinski definition) is 7. The molecule has 1 aromatic carbocycles. The number of anilines is 1. The summed E-state index contributed by atoms with van der Waals surface area (Å²) in [6, 6.07) is 6.77. The first-order chi connectivity index (χ1) is 10.6. The number of nitrogens with zero attached hydrogens (tertiary/aromatic N) is 3. The van der Waals surface area contributed by atoms with Crippen molar-refractivity contribution in [1.82, 2.24) is 15.0 Å². The van der Waals surface area contributed by atoms with Gasteiger partial charge in [0.15, 0.2) is 5.82 Å². The average molecular weight is 304 g/mol. The molecule has 0 amide bonds. The molecule has 2 N–H and O–H groups in total. The van der Waals surface area contributed by atoms with E-state index in [9.17, 15) is 9.59 Å². The van der Waals surface area contributed by atoms with Crippen LogP contribution in [0.1, 0.15) is 33.3 Å². The van der Waals surface area contributed by atoms with E-state index in [4.69, 9.17) is 10.5 Å². The van der Waals surface area contributed by atoms with Crippen LogP contribution in [-0.4, -0.2) is 40.6 Å². The zero-order valence-electron chi connectivity index (χ0n) is 12.3. The van der Waals surface area contributed by atoms with Crippen molar-refractivity contribution in [3.63, 3.8) is 0 Å². The fourth-order valence-electron chi connectivity index (χ4n) is 1.82. The Balaban J connectivity index is 2.14. The molecule has 116 valence electrons. The van der Waals surface area contributed by atoms with E-state index in [1.165, 1.54) is 11.8 Å². The molecule has 0 saturated heterocycles. The Labute approximate surface area is 126 Å². The summed E-state index contributed by atoms with van der Waals surface area (Å²) in [5.74, 6) is -0.876. The fraction of sp³-hybridized carbons (Fsp3) is 0.286. The van der Waals surface area contributed by atoms with Crippen molar-refractivity contribution >= 4 is 17.8 Å². The number of rotatable bonds is 5. The van der Waals surface area contributed by atoms with Crippen LogP contribution in [0.2, 0.25) is 0 Å². The van der Waals surface area contributed by atoms with Gasteiger partial charge in [-0.2, -0.15) is 0 Å². The number of hydrogen-bond donors (Lipinski definition) is 1. The molecule has 22 heavy (non-hydrogen) atoms. The van der Waals surface area contributed by atoms with Crippen LogP contribution in [0.15, 0.2) is 24.3 Å². The second-order valence-electron chi connectivity index (χ2n) is 4.39. The van der Waals surface area contributed by atoms with Gasteiger partial charge in [-0.1, -0.05) is 17.3 Å². The van der Waals surface area contributed by atoms with E-state index in [1.54, 1.807) is 31.2 Å². The highest BCUT2D eigenvalue weighted by atomic mass is 16.5. The molecule has 0 aliphatic rings. The Bertz CT molecular complexity index is 679. The van der Waals surface area contributed by atoms with Crippen molar-refractivity contribution in [2.75, 3.05) is 19.5 Å². The van der Waals surface area contributed by atoms with Gasteiger partial charge < -0.3 is 15.2 Å². The molecule has 0 aliphatic heterocycles. The third kappa shape index (κ3) is 3.22. The van der Waals surface area contributed by atoms with Crippen molar-refractivity contribution in [2.24, 2.45) is 0 Å². The van der Waals surface area contributed by atoms with Crippen LogP contribution in [0, 0.1) is 0 Å². The number of carbonyl (C=O) groups excluding carboxylic acids is 2. The highest BCUT2D eigenvalue weighted by molar-refractivity contribution is 5.91. The van der Waals surface area contributed by atoms with Crippen molar-refractivity contribution in [3.05, 3.63) is 41.1 Å². The number of carbonyl (C=O) groups is 2. The second-order valence-corrected chi connectivity index (χ2v) is 4.39. The molecule has 8 nitrogen and oxygen atoms in total. The van der Waals surface area contributed by atoms with Crippen LogP contribution in [0.3, 0.4) is 0 Å². The molecule has 0 saturated carbocycles. The third-order valence-electron chi connectivity index (χ3n) is 2.95. The number of ether oxygens (including phenoxy) is 2. The zero-order valence-corrected chi connectivity index (χ0v) is 12.3. The third-order valence-corrected chi connectivity index (χ3v) is 2.95. The molecule has 0 fully saturated rings. The molecule has 2 rings (SSSR count). The number of benzene rings is 1. The minimum absolute atomic E-state index is 0.00645. The lowest BCUT2D eigenvalue weighted by molar-refractivity contribution is 0.0519. The maximum Gasteiger partial charge on any atom is 0.362 e. The standard InChI is InChI=1S/C14H16N4O4/c1-3-22-14(20)11-12(15)18(17-16-11)8-9-4-6-10(7-5-9)13(19)21-2/h4-7H,3,8,15H2,1-2H3. The number of esters is 2. The van der Waals surface area contributed by atoms with E-state index in [1.807, 2.05) is 0 Å². The summed E-state index contributed by atoms with van der Waals surface area (Å²) in [5, 5.41) is 7.57. The van der Waals surface area contributed by atoms with Gasteiger partial charge in [0.05, 0.1) is 25.8 Å². The number of nitrogen functional groups attached to an aromatic ring is 1. The molecular weight excluding hydrogens is 288 g/mol. The Morgan fingerprint density at radius 2 is 1.91 bits per heavy atom. The average Bonchev–Trinajstić information content (AvgIpc) is 2.88. The van der Waals surface area contributed by atoms with Gasteiger partial charge in [0.25, 0.3) is 0 Å². The quantitative estimate of drug-likeness (QED) is 0.816. The van der Waals surface area contributed by atoms with E-state index >= 15 is 0 Å². The van der Waals surface area contributed by atoms with Gasteiger partial charge in [-0.3, -0.25) is 0 Å². The monoisotopic (exact) mass is 304 g/mol. The molecule has 0 aliphatic carbocycles.